The molecule has 1 aromatic rings. The van der Waals surface area contributed by atoms with Crippen molar-refractivity contribution in [1.82, 2.24) is 4.90 Å². The summed E-state index contributed by atoms with van der Waals surface area (Å²) in [6, 6.07) is 1.40. The fourth-order valence-corrected chi connectivity index (χ4v) is 1.69. The quantitative estimate of drug-likeness (QED) is 0.600. The lowest BCUT2D eigenvalue weighted by Gasteiger charge is -2.23. The first-order chi connectivity index (χ1) is 8.42. The molecule has 0 N–H and O–H groups in total. The molecule has 0 radical (unpaired) electrons. The van der Waals surface area contributed by atoms with Gasteiger partial charge in [-0.15, -0.1) is 0 Å². The van der Waals surface area contributed by atoms with Gasteiger partial charge in [-0.3, -0.25) is 10.1 Å². The van der Waals surface area contributed by atoms with Crippen molar-refractivity contribution in [3.63, 3.8) is 0 Å². The summed E-state index contributed by atoms with van der Waals surface area (Å²) in [6.07, 6.45) is 0. The zero-order chi connectivity index (χ0) is 13.9. The van der Waals surface area contributed by atoms with Crippen LogP contribution < -0.4 is 0 Å². The number of rotatable bonds is 5. The molecule has 0 saturated carbocycles. The molecule has 0 aliphatic heterocycles. The molecule has 0 fully saturated rings. The van der Waals surface area contributed by atoms with E-state index in [1.165, 1.54) is 0 Å². The van der Waals surface area contributed by atoms with Gasteiger partial charge in [-0.2, -0.15) is 0 Å². The molecule has 0 unspecified atom stereocenters. The molecular weight excluding hydrogens is 242 g/mol. The van der Waals surface area contributed by atoms with Gasteiger partial charge in [-0.1, -0.05) is 6.58 Å². The highest BCUT2D eigenvalue weighted by Gasteiger charge is 2.22. The Morgan fingerprint density at radius 1 is 1.33 bits per heavy atom. The summed E-state index contributed by atoms with van der Waals surface area (Å²) >= 11 is 0. The molecule has 0 spiro atoms. The van der Waals surface area contributed by atoms with Gasteiger partial charge in [-0.05, 0) is 19.9 Å². The highest BCUT2D eigenvalue weighted by molar-refractivity contribution is 5.70. The van der Waals surface area contributed by atoms with Gasteiger partial charge in [0.05, 0.1) is 16.6 Å². The van der Waals surface area contributed by atoms with E-state index in [2.05, 4.69) is 6.58 Å². The van der Waals surface area contributed by atoms with Gasteiger partial charge in [0, 0.05) is 18.8 Å². The summed E-state index contributed by atoms with van der Waals surface area (Å²) in [5, 5.41) is 10.8. The number of hydrogen-bond acceptors (Lipinski definition) is 3. The predicted octanol–water partition coefficient (Wildman–Crippen LogP) is 3.19. The van der Waals surface area contributed by atoms with Crippen molar-refractivity contribution in [3.05, 3.63) is 46.0 Å². The molecule has 18 heavy (non-hydrogen) atoms. The topological polar surface area (TPSA) is 46.4 Å². The first kappa shape index (κ1) is 14.1. The standard InChI is InChI=1S/C12H14F2N2O2/c1-4-15(5-2)8(3)9-6-10(13)11(14)7-12(9)16(17)18/h6-7H,3-5H2,1-2H3. The Bertz CT molecular complexity index is 485. The SMILES string of the molecule is C=C(c1cc(F)c(F)cc1[N+](=O)[O-])N(CC)CC. The van der Waals surface area contributed by atoms with E-state index in [0.29, 0.717) is 24.9 Å². The van der Waals surface area contributed by atoms with Gasteiger partial charge >= 0.3 is 0 Å². The zero-order valence-corrected chi connectivity index (χ0v) is 10.2. The average molecular weight is 256 g/mol. The van der Waals surface area contributed by atoms with Gasteiger partial charge in [-0.25, -0.2) is 8.78 Å². The second-order valence-corrected chi connectivity index (χ2v) is 3.66. The third-order valence-electron chi connectivity index (χ3n) is 2.69. The van der Waals surface area contributed by atoms with Crippen molar-refractivity contribution in [3.8, 4) is 0 Å². The minimum atomic E-state index is -1.24. The second-order valence-electron chi connectivity index (χ2n) is 3.66. The lowest BCUT2D eigenvalue weighted by Crippen LogP contribution is -2.21. The van der Waals surface area contributed by atoms with Crippen LogP contribution in [0.2, 0.25) is 0 Å². The third kappa shape index (κ3) is 2.64. The minimum Gasteiger partial charge on any atom is -0.372 e. The van der Waals surface area contributed by atoms with E-state index in [4.69, 9.17) is 0 Å². The second kappa shape index (κ2) is 5.57. The van der Waals surface area contributed by atoms with Crippen LogP contribution in [-0.4, -0.2) is 22.9 Å². The van der Waals surface area contributed by atoms with Gasteiger partial charge < -0.3 is 4.90 Å². The fourth-order valence-electron chi connectivity index (χ4n) is 1.69. The molecule has 0 amide bonds. The average Bonchev–Trinajstić information content (AvgIpc) is 2.33. The maximum absolute atomic E-state index is 13.2. The van der Waals surface area contributed by atoms with Crippen LogP contribution >= 0.6 is 0 Å². The number of hydrogen-bond donors (Lipinski definition) is 0. The molecule has 1 rings (SSSR count). The van der Waals surface area contributed by atoms with E-state index >= 15 is 0 Å². The van der Waals surface area contributed by atoms with Crippen molar-refractivity contribution in [1.29, 1.82) is 0 Å². The Balaban J connectivity index is 3.34. The van der Waals surface area contributed by atoms with Gasteiger partial charge in [0.15, 0.2) is 11.6 Å². The fraction of sp³-hybridized carbons (Fsp3) is 0.333. The van der Waals surface area contributed by atoms with Crippen molar-refractivity contribution < 1.29 is 13.7 Å². The maximum atomic E-state index is 13.2. The summed E-state index contributed by atoms with van der Waals surface area (Å²) in [5.74, 6) is -2.36. The molecule has 0 aromatic heterocycles. The van der Waals surface area contributed by atoms with E-state index in [-0.39, 0.29) is 5.56 Å². The summed E-state index contributed by atoms with van der Waals surface area (Å²) in [7, 11) is 0. The number of benzene rings is 1. The number of nitro benzene ring substituents is 1. The first-order valence-electron chi connectivity index (χ1n) is 5.50. The summed E-state index contributed by atoms with van der Waals surface area (Å²) in [4.78, 5) is 11.8. The van der Waals surface area contributed by atoms with Crippen LogP contribution in [0.4, 0.5) is 14.5 Å². The monoisotopic (exact) mass is 256 g/mol. The van der Waals surface area contributed by atoms with Crippen LogP contribution in [0, 0.1) is 21.7 Å². The predicted molar refractivity (Wildman–Crippen MR) is 65.0 cm³/mol. The molecule has 0 atom stereocenters. The number of halogens is 2. The Labute approximate surface area is 104 Å². The normalized spacial score (nSPS) is 10.2. The molecular formula is C12H14F2N2O2. The molecule has 0 saturated heterocycles. The molecule has 6 heteroatoms. The van der Waals surface area contributed by atoms with Gasteiger partial charge in [0.2, 0.25) is 0 Å². The minimum absolute atomic E-state index is 0.00241. The Kier molecular flexibility index (Phi) is 4.36. The number of nitrogens with zero attached hydrogens (tertiary/aromatic N) is 2. The maximum Gasteiger partial charge on any atom is 0.281 e. The van der Waals surface area contributed by atoms with E-state index in [0.717, 1.165) is 6.07 Å². The van der Waals surface area contributed by atoms with Crippen LogP contribution in [0.1, 0.15) is 19.4 Å². The first-order valence-corrected chi connectivity index (χ1v) is 5.50. The third-order valence-corrected chi connectivity index (χ3v) is 2.69. The van der Waals surface area contributed by atoms with Gasteiger partial charge in [0.25, 0.3) is 5.69 Å². The molecule has 0 aliphatic carbocycles. The molecule has 0 aliphatic rings. The van der Waals surface area contributed by atoms with Crippen LogP contribution in [0.5, 0.6) is 0 Å². The molecule has 4 nitrogen and oxygen atoms in total. The van der Waals surface area contributed by atoms with E-state index in [1.54, 1.807) is 4.90 Å². The van der Waals surface area contributed by atoms with Gasteiger partial charge in [0.1, 0.15) is 0 Å². The lowest BCUT2D eigenvalue weighted by molar-refractivity contribution is -0.385. The van der Waals surface area contributed by atoms with E-state index in [1.807, 2.05) is 13.8 Å². The van der Waals surface area contributed by atoms with Crippen molar-refractivity contribution in [2.24, 2.45) is 0 Å². The molecule has 1 aromatic carbocycles. The smallest absolute Gasteiger partial charge is 0.281 e. The number of nitro groups is 1. The van der Waals surface area contributed by atoms with Crippen LogP contribution in [0.15, 0.2) is 18.7 Å². The Morgan fingerprint density at radius 3 is 2.28 bits per heavy atom. The summed E-state index contributed by atoms with van der Waals surface area (Å²) < 4.78 is 26.2. The van der Waals surface area contributed by atoms with E-state index < -0.39 is 22.2 Å². The Morgan fingerprint density at radius 2 is 1.83 bits per heavy atom. The summed E-state index contributed by atoms with van der Waals surface area (Å²) in [5.41, 5.74) is -0.168. The highest BCUT2D eigenvalue weighted by Crippen LogP contribution is 2.29. The van der Waals surface area contributed by atoms with Crippen molar-refractivity contribution >= 4 is 11.4 Å². The summed E-state index contributed by atoms with van der Waals surface area (Å²) in [6.45, 7) is 8.56. The van der Waals surface area contributed by atoms with Crippen molar-refractivity contribution in [2.75, 3.05) is 13.1 Å². The largest absolute Gasteiger partial charge is 0.372 e. The zero-order valence-electron chi connectivity index (χ0n) is 10.2. The molecule has 98 valence electrons. The lowest BCUT2D eigenvalue weighted by atomic mass is 10.1. The molecule has 0 heterocycles. The Hall–Kier alpha value is -1.98. The van der Waals surface area contributed by atoms with Crippen molar-refractivity contribution in [2.45, 2.75) is 13.8 Å². The van der Waals surface area contributed by atoms with Crippen LogP contribution in [0.25, 0.3) is 5.70 Å². The molecule has 0 bridgehead atoms. The highest BCUT2D eigenvalue weighted by atomic mass is 19.2. The van der Waals surface area contributed by atoms with E-state index in [9.17, 15) is 18.9 Å². The van der Waals surface area contributed by atoms with Crippen LogP contribution in [0.3, 0.4) is 0 Å². The van der Waals surface area contributed by atoms with Crippen LogP contribution in [-0.2, 0) is 0 Å².